The number of carbonyl (C=O) groups excluding carboxylic acids is 1. The number of para-hydroxylation sites is 1. The summed E-state index contributed by atoms with van der Waals surface area (Å²) >= 11 is 3.64. The van der Waals surface area contributed by atoms with Gasteiger partial charge in [0.2, 0.25) is 5.91 Å². The van der Waals surface area contributed by atoms with Crippen molar-refractivity contribution in [2.24, 2.45) is 0 Å². The van der Waals surface area contributed by atoms with Crippen molar-refractivity contribution in [2.75, 3.05) is 5.75 Å². The summed E-state index contributed by atoms with van der Waals surface area (Å²) in [5.41, 5.74) is 1.95. The Kier molecular flexibility index (Phi) is 7.05. The second kappa shape index (κ2) is 10.4. The van der Waals surface area contributed by atoms with E-state index in [4.69, 9.17) is 9.40 Å². The molecule has 1 aliphatic carbocycles. The van der Waals surface area contributed by atoms with Crippen LogP contribution >= 0.6 is 34.4 Å². The number of carbonyl (C=O) groups is 1. The molecule has 0 unspecified atom stereocenters. The van der Waals surface area contributed by atoms with Gasteiger partial charge in [-0.25, -0.2) is 9.78 Å². The number of amides is 1. The van der Waals surface area contributed by atoms with Crippen molar-refractivity contribution in [3.63, 3.8) is 0 Å². The lowest BCUT2D eigenvalue weighted by Crippen LogP contribution is -2.37. The highest BCUT2D eigenvalue weighted by molar-refractivity contribution is 14.1. The van der Waals surface area contributed by atoms with Crippen LogP contribution in [-0.2, 0) is 4.79 Å². The third-order valence-electron chi connectivity index (χ3n) is 6.00. The van der Waals surface area contributed by atoms with Crippen molar-refractivity contribution in [3.05, 3.63) is 74.8 Å². The number of aromatic nitrogens is 2. The average molecular weight is 585 g/mol. The molecule has 2 heterocycles. The summed E-state index contributed by atoms with van der Waals surface area (Å²) in [6, 6.07) is 17.5. The van der Waals surface area contributed by atoms with Gasteiger partial charge in [-0.1, -0.05) is 49.2 Å². The molecule has 1 fully saturated rings. The van der Waals surface area contributed by atoms with Crippen LogP contribution in [-0.4, -0.2) is 27.3 Å². The minimum Gasteiger partial charge on any atom is -0.422 e. The van der Waals surface area contributed by atoms with Gasteiger partial charge in [0.1, 0.15) is 5.58 Å². The number of nitrogens with one attached hydrogen (secondary N) is 1. The Morgan fingerprint density at radius 2 is 1.88 bits per heavy atom. The zero-order valence-electron chi connectivity index (χ0n) is 18.5. The molecule has 4 aromatic rings. The molecular formula is C26H24IN3O3S. The summed E-state index contributed by atoms with van der Waals surface area (Å²) in [5.74, 6) is 0.282. The molecule has 2 aromatic carbocycles. The van der Waals surface area contributed by atoms with Crippen molar-refractivity contribution in [3.8, 4) is 16.9 Å². The first-order chi connectivity index (χ1) is 16.6. The quantitative estimate of drug-likeness (QED) is 0.176. The van der Waals surface area contributed by atoms with Gasteiger partial charge in [0.05, 0.1) is 17.0 Å². The maximum atomic E-state index is 12.7. The highest BCUT2D eigenvalue weighted by Gasteiger charge is 2.19. The standard InChI is InChI=1S/C26H24IN3O3S/c27-18-10-12-20(13-11-18)30-15-22(21-14-17-6-4-5-9-23(17)33-25(21)32)29-26(30)34-16-24(31)28-19-7-2-1-3-8-19/h4-6,9-15,19H,1-3,7-8,16H2,(H,28,31). The van der Waals surface area contributed by atoms with Crippen molar-refractivity contribution in [1.82, 2.24) is 14.9 Å². The fraction of sp³-hybridized carbons (Fsp3) is 0.269. The average Bonchev–Trinajstić information content (AvgIpc) is 3.27. The molecule has 1 amide bonds. The molecule has 1 aliphatic rings. The highest BCUT2D eigenvalue weighted by atomic mass is 127. The molecule has 0 aliphatic heterocycles. The molecule has 1 saturated carbocycles. The van der Waals surface area contributed by atoms with Crippen LogP contribution in [0.1, 0.15) is 32.1 Å². The summed E-state index contributed by atoms with van der Waals surface area (Å²) in [6.45, 7) is 0. The normalized spacial score (nSPS) is 14.4. The molecular weight excluding hydrogens is 561 g/mol. The van der Waals surface area contributed by atoms with Gasteiger partial charge in [0, 0.05) is 26.9 Å². The van der Waals surface area contributed by atoms with Gasteiger partial charge in [-0.2, -0.15) is 0 Å². The Bertz CT molecular complexity index is 1370. The predicted molar refractivity (Wildman–Crippen MR) is 143 cm³/mol. The van der Waals surface area contributed by atoms with Gasteiger partial charge in [-0.3, -0.25) is 9.36 Å². The van der Waals surface area contributed by atoms with Crippen LogP contribution in [0.3, 0.4) is 0 Å². The SMILES string of the molecule is O=C(CSc1nc(-c2cc3ccccc3oc2=O)cn1-c1ccc(I)cc1)NC1CCCCC1. The molecule has 174 valence electrons. The van der Waals surface area contributed by atoms with E-state index in [-0.39, 0.29) is 17.7 Å². The van der Waals surface area contributed by atoms with E-state index in [9.17, 15) is 9.59 Å². The van der Waals surface area contributed by atoms with Crippen molar-refractivity contribution in [2.45, 2.75) is 43.3 Å². The van der Waals surface area contributed by atoms with E-state index in [1.807, 2.05) is 59.3 Å². The number of fused-ring (bicyclic) bond motifs is 1. The van der Waals surface area contributed by atoms with Gasteiger partial charge in [-0.15, -0.1) is 0 Å². The van der Waals surface area contributed by atoms with Gasteiger partial charge in [0.15, 0.2) is 5.16 Å². The molecule has 2 aromatic heterocycles. The molecule has 5 rings (SSSR count). The van der Waals surface area contributed by atoms with Gasteiger partial charge >= 0.3 is 5.63 Å². The Morgan fingerprint density at radius 1 is 1.12 bits per heavy atom. The maximum Gasteiger partial charge on any atom is 0.345 e. The van der Waals surface area contributed by atoms with Crippen LogP contribution < -0.4 is 10.9 Å². The van der Waals surface area contributed by atoms with E-state index >= 15 is 0 Å². The fourth-order valence-electron chi connectivity index (χ4n) is 4.27. The summed E-state index contributed by atoms with van der Waals surface area (Å²) < 4.78 is 8.58. The molecule has 1 N–H and O–H groups in total. The zero-order valence-corrected chi connectivity index (χ0v) is 21.5. The topological polar surface area (TPSA) is 77.1 Å². The smallest absolute Gasteiger partial charge is 0.345 e. The Morgan fingerprint density at radius 3 is 2.68 bits per heavy atom. The summed E-state index contributed by atoms with van der Waals surface area (Å²) in [4.78, 5) is 30.1. The lowest BCUT2D eigenvalue weighted by Gasteiger charge is -2.22. The summed E-state index contributed by atoms with van der Waals surface area (Å²) in [6.07, 6.45) is 7.54. The number of hydrogen-bond acceptors (Lipinski definition) is 5. The van der Waals surface area contributed by atoms with E-state index in [0.29, 0.717) is 22.0 Å². The molecule has 0 spiro atoms. The van der Waals surface area contributed by atoms with Crippen LogP contribution in [0.4, 0.5) is 0 Å². The third-order valence-corrected chi connectivity index (χ3v) is 7.67. The zero-order chi connectivity index (χ0) is 23.5. The van der Waals surface area contributed by atoms with E-state index in [1.54, 1.807) is 6.07 Å². The van der Waals surface area contributed by atoms with E-state index < -0.39 is 5.63 Å². The largest absolute Gasteiger partial charge is 0.422 e. The number of thioether (sulfide) groups is 1. The molecule has 0 saturated heterocycles. The maximum absolute atomic E-state index is 12.7. The van der Waals surface area contributed by atoms with Crippen LogP contribution in [0.25, 0.3) is 27.9 Å². The van der Waals surface area contributed by atoms with Gasteiger partial charge in [0.25, 0.3) is 0 Å². The number of halogens is 1. The van der Waals surface area contributed by atoms with Gasteiger partial charge < -0.3 is 9.73 Å². The molecule has 6 nitrogen and oxygen atoms in total. The highest BCUT2D eigenvalue weighted by Crippen LogP contribution is 2.28. The number of benzene rings is 2. The lowest BCUT2D eigenvalue weighted by molar-refractivity contribution is -0.119. The number of imidazole rings is 1. The monoisotopic (exact) mass is 585 g/mol. The van der Waals surface area contributed by atoms with Crippen molar-refractivity contribution >= 4 is 51.2 Å². The predicted octanol–water partition coefficient (Wildman–Crippen LogP) is 5.79. The first-order valence-corrected chi connectivity index (χ1v) is 13.4. The summed E-state index contributed by atoms with van der Waals surface area (Å²) in [5, 5.41) is 4.65. The fourth-order valence-corrected chi connectivity index (χ4v) is 5.43. The first kappa shape index (κ1) is 23.2. The van der Waals surface area contributed by atoms with E-state index in [2.05, 4.69) is 27.9 Å². The third kappa shape index (κ3) is 5.22. The van der Waals surface area contributed by atoms with Crippen LogP contribution in [0.15, 0.2) is 75.2 Å². The van der Waals surface area contributed by atoms with Crippen molar-refractivity contribution in [1.29, 1.82) is 0 Å². The first-order valence-electron chi connectivity index (χ1n) is 11.4. The van der Waals surface area contributed by atoms with E-state index in [1.165, 1.54) is 31.0 Å². The Labute approximate surface area is 215 Å². The molecule has 0 bridgehead atoms. The lowest BCUT2D eigenvalue weighted by atomic mass is 9.95. The molecule has 0 atom stereocenters. The van der Waals surface area contributed by atoms with Crippen LogP contribution in [0.5, 0.6) is 0 Å². The van der Waals surface area contributed by atoms with Gasteiger partial charge in [-0.05, 0) is 71.8 Å². The second-order valence-corrected chi connectivity index (χ2v) is 10.6. The minimum atomic E-state index is -0.433. The molecule has 34 heavy (non-hydrogen) atoms. The Balaban J connectivity index is 1.45. The second-order valence-electron chi connectivity index (χ2n) is 8.43. The number of rotatable bonds is 6. The van der Waals surface area contributed by atoms with Crippen molar-refractivity contribution < 1.29 is 9.21 Å². The number of nitrogens with zero attached hydrogens (tertiary/aromatic N) is 2. The van der Waals surface area contributed by atoms with Crippen LogP contribution in [0.2, 0.25) is 0 Å². The van der Waals surface area contributed by atoms with E-state index in [0.717, 1.165) is 27.5 Å². The molecule has 0 radical (unpaired) electrons. The van der Waals surface area contributed by atoms with Crippen LogP contribution in [0, 0.1) is 3.57 Å². The Hall–Kier alpha value is -2.59. The number of hydrogen-bond donors (Lipinski definition) is 1. The summed E-state index contributed by atoms with van der Waals surface area (Å²) in [7, 11) is 0. The molecule has 8 heteroatoms. The minimum absolute atomic E-state index is 0.0147.